The van der Waals surface area contributed by atoms with Crippen molar-refractivity contribution in [2.75, 3.05) is 5.32 Å². The Kier molecular flexibility index (Phi) is 4.24. The van der Waals surface area contributed by atoms with Crippen molar-refractivity contribution in [2.24, 2.45) is 0 Å². The van der Waals surface area contributed by atoms with Gasteiger partial charge in [0.2, 0.25) is 0 Å². The molecule has 0 saturated heterocycles. The molecule has 0 heterocycles. The molecule has 0 spiro atoms. The van der Waals surface area contributed by atoms with Crippen molar-refractivity contribution >= 4 is 17.3 Å². The number of halogens is 1. The number of aromatic hydroxyl groups is 1. The maximum atomic E-state index is 9.45. The van der Waals surface area contributed by atoms with Crippen LogP contribution in [0.1, 0.15) is 35.2 Å². The van der Waals surface area contributed by atoms with E-state index < -0.39 is 0 Å². The Morgan fingerprint density at radius 2 is 1.65 bits per heavy atom. The summed E-state index contributed by atoms with van der Waals surface area (Å²) in [6, 6.07) is 9.79. The zero-order valence-electron chi connectivity index (χ0n) is 12.3. The molecule has 0 radical (unpaired) electrons. The van der Waals surface area contributed by atoms with Gasteiger partial charge in [-0.05, 0) is 68.1 Å². The maximum absolute atomic E-state index is 9.45. The van der Waals surface area contributed by atoms with Gasteiger partial charge in [-0.3, -0.25) is 0 Å². The maximum Gasteiger partial charge on any atom is 0.134 e. The van der Waals surface area contributed by atoms with Gasteiger partial charge in [-0.2, -0.15) is 0 Å². The van der Waals surface area contributed by atoms with Crippen molar-refractivity contribution in [2.45, 2.75) is 33.7 Å². The van der Waals surface area contributed by atoms with Crippen molar-refractivity contribution in [1.82, 2.24) is 0 Å². The molecule has 20 heavy (non-hydrogen) atoms. The van der Waals surface area contributed by atoms with E-state index in [9.17, 15) is 5.11 Å². The lowest BCUT2D eigenvalue weighted by molar-refractivity contribution is 0.475. The zero-order chi connectivity index (χ0) is 14.9. The highest BCUT2D eigenvalue weighted by molar-refractivity contribution is 6.32. The van der Waals surface area contributed by atoms with Gasteiger partial charge in [0.05, 0.1) is 5.02 Å². The number of rotatable bonds is 3. The van der Waals surface area contributed by atoms with E-state index in [1.807, 2.05) is 6.07 Å². The Morgan fingerprint density at radius 3 is 2.30 bits per heavy atom. The summed E-state index contributed by atoms with van der Waals surface area (Å²) in [7, 11) is 0. The third-order valence-electron chi connectivity index (χ3n) is 3.68. The first-order valence-corrected chi connectivity index (χ1v) is 7.09. The fourth-order valence-electron chi connectivity index (χ4n) is 2.37. The second-order valence-electron chi connectivity index (χ2n) is 5.33. The number of phenolic OH excluding ortho intramolecular Hbond substituents is 1. The summed E-state index contributed by atoms with van der Waals surface area (Å²) in [4.78, 5) is 0. The molecule has 1 atom stereocenters. The molecule has 0 amide bonds. The Labute approximate surface area is 125 Å². The van der Waals surface area contributed by atoms with Crippen LogP contribution in [0.5, 0.6) is 5.75 Å². The Bertz CT molecular complexity index is 637. The van der Waals surface area contributed by atoms with E-state index in [-0.39, 0.29) is 11.8 Å². The Morgan fingerprint density at radius 1 is 1.00 bits per heavy atom. The highest BCUT2D eigenvalue weighted by atomic mass is 35.5. The van der Waals surface area contributed by atoms with E-state index in [0.29, 0.717) is 5.02 Å². The first kappa shape index (κ1) is 14.7. The first-order chi connectivity index (χ1) is 9.38. The number of anilines is 1. The van der Waals surface area contributed by atoms with Crippen LogP contribution in [0.15, 0.2) is 30.3 Å². The molecule has 106 valence electrons. The third kappa shape index (κ3) is 3.07. The fraction of sp³-hybridized carbons (Fsp3) is 0.294. The minimum Gasteiger partial charge on any atom is -0.506 e. The number of phenols is 1. The monoisotopic (exact) mass is 289 g/mol. The summed E-state index contributed by atoms with van der Waals surface area (Å²) in [5.74, 6) is 0.104. The lowest BCUT2D eigenvalue weighted by Crippen LogP contribution is -2.09. The molecule has 2 aromatic carbocycles. The molecular formula is C17H20ClNO. The molecule has 0 aliphatic carbocycles. The van der Waals surface area contributed by atoms with Crippen molar-refractivity contribution < 1.29 is 5.11 Å². The van der Waals surface area contributed by atoms with E-state index in [1.54, 1.807) is 12.1 Å². The van der Waals surface area contributed by atoms with Gasteiger partial charge >= 0.3 is 0 Å². The molecule has 0 aliphatic rings. The average molecular weight is 290 g/mol. The standard InChI is InChI=1S/C17H20ClNO/c1-10-7-12(3)15(8-11(10)2)13(4)19-14-5-6-17(20)16(18)9-14/h5-9,13,19-20H,1-4H3. The largest absolute Gasteiger partial charge is 0.506 e. The Balaban J connectivity index is 2.25. The van der Waals surface area contributed by atoms with Crippen LogP contribution in [0.25, 0.3) is 0 Å². The molecule has 3 heteroatoms. The van der Waals surface area contributed by atoms with Crippen LogP contribution in [0.2, 0.25) is 5.02 Å². The minimum atomic E-state index is 0.104. The molecule has 0 saturated carbocycles. The van der Waals surface area contributed by atoms with Crippen LogP contribution in [0.3, 0.4) is 0 Å². The van der Waals surface area contributed by atoms with E-state index in [4.69, 9.17) is 11.6 Å². The van der Waals surface area contributed by atoms with Crippen molar-refractivity contribution in [3.05, 3.63) is 57.6 Å². The smallest absolute Gasteiger partial charge is 0.134 e. The van der Waals surface area contributed by atoms with Crippen LogP contribution in [0, 0.1) is 20.8 Å². The van der Waals surface area contributed by atoms with E-state index >= 15 is 0 Å². The lowest BCUT2D eigenvalue weighted by atomic mass is 9.96. The van der Waals surface area contributed by atoms with Gasteiger partial charge in [0.15, 0.2) is 0 Å². The summed E-state index contributed by atoms with van der Waals surface area (Å²) in [6.45, 7) is 8.51. The van der Waals surface area contributed by atoms with Gasteiger partial charge in [-0.1, -0.05) is 23.7 Å². The van der Waals surface area contributed by atoms with Gasteiger partial charge in [0, 0.05) is 11.7 Å². The average Bonchev–Trinajstić information content (AvgIpc) is 2.38. The van der Waals surface area contributed by atoms with E-state index in [1.165, 1.54) is 22.3 Å². The molecule has 0 aromatic heterocycles. The van der Waals surface area contributed by atoms with Gasteiger partial charge < -0.3 is 10.4 Å². The number of hydrogen-bond donors (Lipinski definition) is 2. The predicted octanol–water partition coefficient (Wildman–Crippen LogP) is 5.14. The molecule has 0 fully saturated rings. The van der Waals surface area contributed by atoms with Crippen molar-refractivity contribution in [3.63, 3.8) is 0 Å². The summed E-state index contributed by atoms with van der Waals surface area (Å²) < 4.78 is 0. The van der Waals surface area contributed by atoms with Crippen LogP contribution in [-0.4, -0.2) is 5.11 Å². The normalized spacial score (nSPS) is 12.2. The number of nitrogens with one attached hydrogen (secondary N) is 1. The summed E-state index contributed by atoms with van der Waals surface area (Å²) in [5.41, 5.74) is 6.06. The highest BCUT2D eigenvalue weighted by Gasteiger charge is 2.10. The third-order valence-corrected chi connectivity index (χ3v) is 3.98. The van der Waals surface area contributed by atoms with Gasteiger partial charge in [-0.25, -0.2) is 0 Å². The SMILES string of the molecule is Cc1cc(C)c(C(C)Nc2ccc(O)c(Cl)c2)cc1C. The van der Waals surface area contributed by atoms with Crippen LogP contribution in [0.4, 0.5) is 5.69 Å². The summed E-state index contributed by atoms with van der Waals surface area (Å²) in [5, 5.41) is 13.2. The number of aryl methyl sites for hydroxylation is 3. The van der Waals surface area contributed by atoms with Crippen LogP contribution in [-0.2, 0) is 0 Å². The lowest BCUT2D eigenvalue weighted by Gasteiger charge is -2.19. The molecule has 1 unspecified atom stereocenters. The van der Waals surface area contributed by atoms with Gasteiger partial charge in [0.25, 0.3) is 0 Å². The molecule has 2 aromatic rings. The van der Waals surface area contributed by atoms with Gasteiger partial charge in [-0.15, -0.1) is 0 Å². The predicted molar refractivity (Wildman–Crippen MR) is 85.8 cm³/mol. The fourth-order valence-corrected chi connectivity index (χ4v) is 2.55. The summed E-state index contributed by atoms with van der Waals surface area (Å²) in [6.07, 6.45) is 0. The topological polar surface area (TPSA) is 32.3 Å². The minimum absolute atomic E-state index is 0.104. The van der Waals surface area contributed by atoms with Gasteiger partial charge in [0.1, 0.15) is 5.75 Å². The Hall–Kier alpha value is -1.67. The molecule has 2 nitrogen and oxygen atoms in total. The molecule has 0 bridgehead atoms. The second kappa shape index (κ2) is 5.76. The van der Waals surface area contributed by atoms with Crippen molar-refractivity contribution in [1.29, 1.82) is 0 Å². The van der Waals surface area contributed by atoms with Crippen LogP contribution < -0.4 is 5.32 Å². The quantitative estimate of drug-likeness (QED) is 0.767. The molecular weight excluding hydrogens is 270 g/mol. The van der Waals surface area contributed by atoms with E-state index in [0.717, 1.165) is 5.69 Å². The molecule has 2 rings (SSSR count). The molecule has 2 N–H and O–H groups in total. The second-order valence-corrected chi connectivity index (χ2v) is 5.73. The van der Waals surface area contributed by atoms with Crippen molar-refractivity contribution in [3.8, 4) is 5.75 Å². The summed E-state index contributed by atoms with van der Waals surface area (Å²) >= 11 is 5.93. The zero-order valence-corrected chi connectivity index (χ0v) is 13.0. The number of benzene rings is 2. The van der Waals surface area contributed by atoms with E-state index in [2.05, 4.69) is 45.1 Å². The highest BCUT2D eigenvalue weighted by Crippen LogP contribution is 2.29. The first-order valence-electron chi connectivity index (χ1n) is 6.71. The number of hydrogen-bond acceptors (Lipinski definition) is 2. The van der Waals surface area contributed by atoms with Crippen LogP contribution >= 0.6 is 11.6 Å². The molecule has 0 aliphatic heterocycles.